The van der Waals surface area contributed by atoms with E-state index >= 15 is 0 Å². The Balaban J connectivity index is 1.80. The molecule has 1 heteroatoms. The van der Waals surface area contributed by atoms with Crippen molar-refractivity contribution in [3.63, 3.8) is 0 Å². The number of carbonyl (C=O) groups excluding carboxylic acids is 1. The zero-order valence-electron chi connectivity index (χ0n) is 14.1. The van der Waals surface area contributed by atoms with Crippen molar-refractivity contribution in [2.75, 3.05) is 0 Å². The van der Waals surface area contributed by atoms with E-state index in [0.717, 1.165) is 37.7 Å². The zero-order valence-corrected chi connectivity index (χ0v) is 14.1. The number of rotatable bonds is 1. The van der Waals surface area contributed by atoms with Crippen molar-refractivity contribution in [1.82, 2.24) is 0 Å². The second-order valence-electron chi connectivity index (χ2n) is 6.78. The molecule has 0 unspecified atom stereocenters. The van der Waals surface area contributed by atoms with Gasteiger partial charge in [-0.2, -0.15) is 0 Å². The van der Waals surface area contributed by atoms with Crippen LogP contribution in [0, 0.1) is 0 Å². The lowest BCUT2D eigenvalue weighted by atomic mass is 9.93. The fraction of sp³-hybridized carbons (Fsp3) is 0.409. The van der Waals surface area contributed by atoms with Crippen LogP contribution in [0.4, 0.5) is 0 Å². The summed E-state index contributed by atoms with van der Waals surface area (Å²) in [5.74, 6) is 0.206. The van der Waals surface area contributed by atoms with Gasteiger partial charge in [-0.3, -0.25) is 4.79 Å². The third kappa shape index (κ3) is 4.31. The summed E-state index contributed by atoms with van der Waals surface area (Å²) in [6.45, 7) is 1.70. The predicted molar refractivity (Wildman–Crippen MR) is 96.2 cm³/mol. The Kier molecular flexibility index (Phi) is 5.27. The number of hydrogen-bond acceptors (Lipinski definition) is 1. The Morgan fingerprint density at radius 2 is 1.17 bits per heavy atom. The van der Waals surface area contributed by atoms with Gasteiger partial charge < -0.3 is 0 Å². The van der Waals surface area contributed by atoms with E-state index in [2.05, 4.69) is 42.5 Å². The van der Waals surface area contributed by atoms with Crippen molar-refractivity contribution in [2.24, 2.45) is 0 Å². The maximum absolute atomic E-state index is 12.0. The molecule has 0 heterocycles. The molecule has 0 saturated carbocycles. The van der Waals surface area contributed by atoms with E-state index in [-0.39, 0.29) is 5.78 Å². The van der Waals surface area contributed by atoms with Gasteiger partial charge in [0.2, 0.25) is 0 Å². The molecule has 0 amide bonds. The van der Waals surface area contributed by atoms with Crippen LogP contribution in [0.2, 0.25) is 0 Å². The van der Waals surface area contributed by atoms with Gasteiger partial charge in [0.25, 0.3) is 0 Å². The van der Waals surface area contributed by atoms with Crippen LogP contribution in [0.5, 0.6) is 0 Å². The number of benzene rings is 2. The minimum absolute atomic E-state index is 0.206. The van der Waals surface area contributed by atoms with Crippen LogP contribution in [0.25, 0.3) is 0 Å². The molecule has 0 fully saturated rings. The van der Waals surface area contributed by atoms with Gasteiger partial charge in [0, 0.05) is 5.56 Å². The van der Waals surface area contributed by atoms with E-state index in [4.69, 9.17) is 0 Å². The third-order valence-corrected chi connectivity index (χ3v) is 4.92. The smallest absolute Gasteiger partial charge is 0.160 e. The molecule has 4 bridgehead atoms. The molecule has 0 aromatic heterocycles. The van der Waals surface area contributed by atoms with Crippen LogP contribution in [0.1, 0.15) is 65.2 Å². The van der Waals surface area contributed by atoms with Gasteiger partial charge in [0.1, 0.15) is 0 Å². The van der Waals surface area contributed by atoms with Crippen LogP contribution in [0.15, 0.2) is 42.5 Å². The Bertz CT molecular complexity index is 667. The average Bonchev–Trinajstić information content (AvgIpc) is 2.56. The number of hydrogen-bond donors (Lipinski definition) is 0. The molecule has 0 atom stereocenters. The Hall–Kier alpha value is -1.89. The summed E-state index contributed by atoms with van der Waals surface area (Å²) in [4.78, 5) is 12.0. The molecule has 0 aliphatic heterocycles. The van der Waals surface area contributed by atoms with Gasteiger partial charge >= 0.3 is 0 Å². The maximum Gasteiger partial charge on any atom is 0.160 e. The first-order valence-corrected chi connectivity index (χ1v) is 8.93. The zero-order chi connectivity index (χ0) is 16.1. The second kappa shape index (κ2) is 7.59. The molecule has 0 saturated heterocycles. The molecule has 23 heavy (non-hydrogen) atoms. The Morgan fingerprint density at radius 1 is 0.696 bits per heavy atom. The van der Waals surface area contributed by atoms with Crippen LogP contribution in [-0.4, -0.2) is 5.78 Å². The maximum atomic E-state index is 12.0. The predicted octanol–water partition coefficient (Wildman–Crippen LogP) is 5.33. The van der Waals surface area contributed by atoms with Gasteiger partial charge in [0.05, 0.1) is 0 Å². The van der Waals surface area contributed by atoms with Crippen molar-refractivity contribution in [3.05, 3.63) is 70.3 Å². The van der Waals surface area contributed by atoms with Gasteiger partial charge in [0.15, 0.2) is 5.78 Å². The van der Waals surface area contributed by atoms with Crippen LogP contribution >= 0.6 is 0 Å². The van der Waals surface area contributed by atoms with Gasteiger partial charge in [-0.05, 0) is 86.6 Å². The van der Waals surface area contributed by atoms with Crippen molar-refractivity contribution in [3.8, 4) is 0 Å². The lowest BCUT2D eigenvalue weighted by Crippen LogP contribution is -2.02. The lowest BCUT2D eigenvalue weighted by Gasteiger charge is -2.11. The fourth-order valence-corrected chi connectivity index (χ4v) is 3.50. The largest absolute Gasteiger partial charge is 0.295 e. The normalized spacial score (nSPS) is 15.7. The Morgan fingerprint density at radius 3 is 1.74 bits per heavy atom. The minimum atomic E-state index is 0.206. The first-order valence-electron chi connectivity index (χ1n) is 8.93. The highest BCUT2D eigenvalue weighted by Crippen LogP contribution is 2.19. The van der Waals surface area contributed by atoms with Gasteiger partial charge in [-0.25, -0.2) is 0 Å². The molecule has 0 N–H and O–H groups in total. The van der Waals surface area contributed by atoms with Gasteiger partial charge in [-0.15, -0.1) is 0 Å². The molecule has 1 nitrogen and oxygen atoms in total. The second-order valence-corrected chi connectivity index (χ2v) is 6.78. The highest BCUT2D eigenvalue weighted by atomic mass is 16.1. The van der Waals surface area contributed by atoms with E-state index in [9.17, 15) is 4.79 Å². The average molecular weight is 306 g/mol. The standard InChI is InChI=1S/C22H26O/c1-17(23)22-16-20-8-3-2-6-18-10-12-19(13-11-18)7-4-5-9-21(22)15-14-20/h10-16H,2-9H2,1H3. The molecule has 4 aliphatic rings. The lowest BCUT2D eigenvalue weighted by molar-refractivity contribution is 0.101. The SMILES string of the molecule is CC(=O)c1cc2ccc1CCCCc1ccc(cc1)CCCC2. The molecule has 2 aromatic carbocycles. The molecule has 0 spiro atoms. The highest BCUT2D eigenvalue weighted by Gasteiger charge is 2.09. The quantitative estimate of drug-likeness (QED) is 0.650. The van der Waals surface area contributed by atoms with Crippen molar-refractivity contribution < 1.29 is 4.79 Å². The van der Waals surface area contributed by atoms with E-state index in [1.165, 1.54) is 41.5 Å². The summed E-state index contributed by atoms with van der Waals surface area (Å²) >= 11 is 0. The number of carbonyl (C=O) groups is 1. The molecule has 4 aliphatic carbocycles. The van der Waals surface area contributed by atoms with E-state index in [1.54, 1.807) is 6.92 Å². The molecule has 2 aromatic rings. The molecular weight excluding hydrogens is 280 g/mol. The highest BCUT2D eigenvalue weighted by molar-refractivity contribution is 5.95. The van der Waals surface area contributed by atoms with Crippen LogP contribution in [-0.2, 0) is 25.7 Å². The van der Waals surface area contributed by atoms with E-state index in [0.29, 0.717) is 0 Å². The summed E-state index contributed by atoms with van der Waals surface area (Å²) in [6.07, 6.45) is 9.06. The molecular formula is C22H26O. The Labute approximate surface area is 139 Å². The number of Topliss-reactive ketones (excluding diaryl/α,β-unsaturated/α-hetero) is 1. The summed E-state index contributed by atoms with van der Waals surface area (Å²) in [5.41, 5.74) is 6.35. The summed E-state index contributed by atoms with van der Waals surface area (Å²) in [7, 11) is 0. The molecule has 6 rings (SSSR count). The van der Waals surface area contributed by atoms with Crippen LogP contribution < -0.4 is 0 Å². The summed E-state index contributed by atoms with van der Waals surface area (Å²) in [5, 5.41) is 0. The van der Waals surface area contributed by atoms with Gasteiger partial charge in [-0.1, -0.05) is 36.4 Å². The minimum Gasteiger partial charge on any atom is -0.295 e. The van der Waals surface area contributed by atoms with Crippen molar-refractivity contribution in [2.45, 2.75) is 58.3 Å². The first-order chi connectivity index (χ1) is 11.2. The summed E-state index contributed by atoms with van der Waals surface area (Å²) < 4.78 is 0. The first kappa shape index (κ1) is 16.0. The fourth-order valence-electron chi connectivity index (χ4n) is 3.50. The van der Waals surface area contributed by atoms with Crippen molar-refractivity contribution >= 4 is 5.78 Å². The van der Waals surface area contributed by atoms with Crippen LogP contribution in [0.3, 0.4) is 0 Å². The number of ketones is 1. The summed E-state index contributed by atoms with van der Waals surface area (Å²) in [6, 6.07) is 15.7. The van der Waals surface area contributed by atoms with E-state index < -0.39 is 0 Å². The topological polar surface area (TPSA) is 17.1 Å². The monoisotopic (exact) mass is 306 g/mol. The number of aryl methyl sites for hydroxylation is 4. The van der Waals surface area contributed by atoms with Crippen molar-refractivity contribution in [1.29, 1.82) is 0 Å². The molecule has 0 radical (unpaired) electrons. The molecule has 120 valence electrons. The third-order valence-electron chi connectivity index (χ3n) is 4.92. The van der Waals surface area contributed by atoms with E-state index in [1.807, 2.05) is 0 Å².